The van der Waals surface area contributed by atoms with Crippen LogP contribution in [0.1, 0.15) is 35.6 Å². The molecule has 1 unspecified atom stereocenters. The number of halogens is 2. The summed E-state index contributed by atoms with van der Waals surface area (Å²) in [7, 11) is 0. The molecule has 0 aliphatic carbocycles. The molecule has 5 rings (SSSR count). The highest BCUT2D eigenvalue weighted by Gasteiger charge is 2.58. The van der Waals surface area contributed by atoms with Gasteiger partial charge in [-0.05, 0) is 29.2 Å². The molecule has 0 spiro atoms. The Morgan fingerprint density at radius 3 is 1.56 bits per heavy atom. The van der Waals surface area contributed by atoms with Crippen molar-refractivity contribution in [3.63, 3.8) is 0 Å². The van der Waals surface area contributed by atoms with Crippen molar-refractivity contribution in [2.24, 2.45) is 5.73 Å². The van der Waals surface area contributed by atoms with Gasteiger partial charge >= 0.3 is 5.97 Å². The van der Waals surface area contributed by atoms with Crippen LogP contribution >= 0.6 is 0 Å². The first-order valence-corrected chi connectivity index (χ1v) is 16.9. The van der Waals surface area contributed by atoms with Crippen LogP contribution in [0.15, 0.2) is 121 Å². The molecule has 1 heterocycles. The molecule has 2 N–H and O–H groups in total. The average molecular weight is 690 g/mol. The van der Waals surface area contributed by atoms with E-state index in [1.807, 2.05) is 121 Å². The van der Waals surface area contributed by atoms with Crippen molar-refractivity contribution < 1.29 is 42.0 Å². The summed E-state index contributed by atoms with van der Waals surface area (Å²) in [6.07, 6.45) is -7.18. The summed E-state index contributed by atoms with van der Waals surface area (Å²) in [5, 5.41) is 0. The van der Waals surface area contributed by atoms with Crippen molar-refractivity contribution in [2.75, 3.05) is 13.2 Å². The van der Waals surface area contributed by atoms with Gasteiger partial charge in [0.05, 0.1) is 39.6 Å². The number of nitrogens with two attached hydrogens (primary N) is 1. The van der Waals surface area contributed by atoms with E-state index in [1.165, 1.54) is 0 Å². The second-order valence-corrected chi connectivity index (χ2v) is 12.2. The van der Waals surface area contributed by atoms with E-state index in [0.717, 1.165) is 22.3 Å². The molecule has 1 aliphatic heterocycles. The van der Waals surface area contributed by atoms with E-state index in [-0.39, 0.29) is 39.6 Å². The Labute approximate surface area is 292 Å². The monoisotopic (exact) mass is 689 g/mol. The predicted octanol–water partition coefficient (Wildman–Crippen LogP) is 6.64. The summed E-state index contributed by atoms with van der Waals surface area (Å²) in [6.45, 7) is 2.00. The van der Waals surface area contributed by atoms with Crippen LogP contribution in [0.2, 0.25) is 0 Å². The molecule has 4 aromatic rings. The quantitative estimate of drug-likeness (QED) is 0.116. The first kappa shape index (κ1) is 37.2. The lowest BCUT2D eigenvalue weighted by molar-refractivity contribution is -0.311. The van der Waals surface area contributed by atoms with E-state index in [9.17, 15) is 4.79 Å². The fraction of sp³-hybridized carbons (Fsp3) is 0.375. The van der Waals surface area contributed by atoms with E-state index in [1.54, 1.807) is 6.92 Å². The Balaban J connectivity index is 1.50. The van der Waals surface area contributed by atoms with Crippen molar-refractivity contribution in [1.82, 2.24) is 0 Å². The maximum absolute atomic E-state index is 16.6. The molecule has 0 saturated carbocycles. The molecule has 0 aromatic heterocycles. The van der Waals surface area contributed by atoms with Gasteiger partial charge in [-0.2, -0.15) is 0 Å². The molecule has 1 fully saturated rings. The number of carbonyl (C=O) groups is 1. The minimum Gasteiger partial charge on any atom is -0.465 e. The molecule has 6 atom stereocenters. The van der Waals surface area contributed by atoms with Crippen LogP contribution in [-0.4, -0.2) is 61.7 Å². The third-order valence-corrected chi connectivity index (χ3v) is 8.38. The lowest BCUT2D eigenvalue weighted by Crippen LogP contribution is -2.66. The molecule has 0 radical (unpaired) electrons. The zero-order chi connectivity index (χ0) is 35.2. The third-order valence-electron chi connectivity index (χ3n) is 8.38. The van der Waals surface area contributed by atoms with E-state index in [2.05, 4.69) is 0 Å². The molecule has 50 heavy (non-hydrogen) atoms. The molecule has 8 nitrogen and oxygen atoms in total. The number of hydrogen-bond acceptors (Lipinski definition) is 8. The number of rotatable bonds is 18. The number of benzene rings is 4. The molecule has 1 saturated heterocycles. The van der Waals surface area contributed by atoms with Crippen LogP contribution < -0.4 is 5.73 Å². The molecule has 266 valence electrons. The SMILES string of the molecule is CCOC(=O)C(N)CC(F)(F)[C@@H]1O[C@H](COCc2ccccc2)[C@H](OCc2ccccc2)[C@H](OCc2ccccc2)[C@H]1OCc1ccccc1. The average Bonchev–Trinajstić information content (AvgIpc) is 3.14. The van der Waals surface area contributed by atoms with Crippen molar-refractivity contribution >= 4 is 5.97 Å². The van der Waals surface area contributed by atoms with Gasteiger partial charge in [-0.15, -0.1) is 0 Å². The molecule has 10 heteroatoms. The molecule has 4 aromatic carbocycles. The van der Waals surface area contributed by atoms with Gasteiger partial charge in [-0.1, -0.05) is 121 Å². The van der Waals surface area contributed by atoms with Gasteiger partial charge in [0.25, 0.3) is 5.92 Å². The summed E-state index contributed by atoms with van der Waals surface area (Å²) in [4.78, 5) is 12.4. The van der Waals surface area contributed by atoms with Crippen molar-refractivity contribution in [2.45, 2.75) is 82.3 Å². The van der Waals surface area contributed by atoms with E-state index >= 15 is 8.78 Å². The van der Waals surface area contributed by atoms with Crippen LogP contribution in [0.3, 0.4) is 0 Å². The van der Waals surface area contributed by atoms with Gasteiger partial charge in [0.1, 0.15) is 30.5 Å². The fourth-order valence-corrected chi connectivity index (χ4v) is 5.87. The third kappa shape index (κ3) is 10.7. The Hall–Kier alpha value is -4.03. The Kier molecular flexibility index (Phi) is 14.0. The van der Waals surface area contributed by atoms with Gasteiger partial charge in [-0.3, -0.25) is 4.79 Å². The van der Waals surface area contributed by atoms with Crippen LogP contribution in [0.4, 0.5) is 8.78 Å². The standard InChI is InChI=1S/C40H45F2NO7/c1-2-46-39(44)33(43)23-40(41,42)38-37(49-27-32-21-13-6-14-22-32)36(48-26-31-19-11-5-12-20-31)35(47-25-30-17-9-4-10-18-30)34(50-38)28-45-24-29-15-7-3-8-16-29/h3-22,33-38H,2,23-28,43H2,1H3/t33?,34-,35+,36+,37-,38-/m1/s1. The fourth-order valence-electron chi connectivity index (χ4n) is 5.87. The van der Waals surface area contributed by atoms with Crippen LogP contribution in [0.25, 0.3) is 0 Å². The Morgan fingerprint density at radius 1 is 0.680 bits per heavy atom. The Morgan fingerprint density at radius 2 is 1.10 bits per heavy atom. The van der Waals surface area contributed by atoms with Crippen LogP contribution in [0, 0.1) is 0 Å². The lowest BCUT2D eigenvalue weighted by Gasteiger charge is -2.48. The predicted molar refractivity (Wildman–Crippen MR) is 184 cm³/mol. The normalized spacial score (nSPS) is 21.4. The largest absolute Gasteiger partial charge is 0.465 e. The summed E-state index contributed by atoms with van der Waals surface area (Å²) < 4.78 is 69.9. The highest BCUT2D eigenvalue weighted by atomic mass is 19.3. The molecular formula is C40H45F2NO7. The maximum atomic E-state index is 16.6. The van der Waals surface area contributed by atoms with Gasteiger partial charge < -0.3 is 34.2 Å². The second kappa shape index (κ2) is 18.8. The smallest absolute Gasteiger partial charge is 0.323 e. The lowest BCUT2D eigenvalue weighted by atomic mass is 9.88. The van der Waals surface area contributed by atoms with Crippen molar-refractivity contribution in [3.8, 4) is 0 Å². The van der Waals surface area contributed by atoms with Crippen LogP contribution in [0.5, 0.6) is 0 Å². The van der Waals surface area contributed by atoms with Crippen molar-refractivity contribution in [1.29, 1.82) is 0 Å². The molecule has 1 aliphatic rings. The summed E-state index contributed by atoms with van der Waals surface area (Å²) in [6, 6.07) is 36.1. The first-order chi connectivity index (χ1) is 24.3. The number of esters is 1. The topological polar surface area (TPSA) is 98.5 Å². The molecule has 0 bridgehead atoms. The second-order valence-electron chi connectivity index (χ2n) is 12.2. The number of hydrogen-bond donors (Lipinski definition) is 1. The maximum Gasteiger partial charge on any atom is 0.323 e. The van der Waals surface area contributed by atoms with Crippen LogP contribution in [-0.2, 0) is 59.6 Å². The highest BCUT2D eigenvalue weighted by Crippen LogP contribution is 2.39. The number of ether oxygens (including phenoxy) is 6. The summed E-state index contributed by atoms with van der Waals surface area (Å²) in [5.41, 5.74) is 9.37. The van der Waals surface area contributed by atoms with Gasteiger partial charge in [0.2, 0.25) is 0 Å². The first-order valence-electron chi connectivity index (χ1n) is 16.9. The van der Waals surface area contributed by atoms with E-state index in [0.29, 0.717) is 0 Å². The number of alkyl halides is 2. The van der Waals surface area contributed by atoms with Gasteiger partial charge in [0, 0.05) is 6.42 Å². The van der Waals surface area contributed by atoms with E-state index < -0.39 is 54.9 Å². The zero-order valence-electron chi connectivity index (χ0n) is 28.2. The summed E-state index contributed by atoms with van der Waals surface area (Å²) in [5.74, 6) is -4.57. The van der Waals surface area contributed by atoms with E-state index in [4.69, 9.17) is 34.2 Å². The zero-order valence-corrected chi connectivity index (χ0v) is 28.2. The minimum absolute atomic E-state index is 0.00282. The van der Waals surface area contributed by atoms with Gasteiger partial charge in [0.15, 0.2) is 6.10 Å². The number of carbonyl (C=O) groups excluding carboxylic acids is 1. The van der Waals surface area contributed by atoms with Crippen molar-refractivity contribution in [3.05, 3.63) is 144 Å². The molecule has 0 amide bonds. The minimum atomic E-state index is -3.65. The molecular weight excluding hydrogens is 644 g/mol. The summed E-state index contributed by atoms with van der Waals surface area (Å²) >= 11 is 0. The highest BCUT2D eigenvalue weighted by molar-refractivity contribution is 5.75. The van der Waals surface area contributed by atoms with Gasteiger partial charge in [-0.25, -0.2) is 8.78 Å². The Bertz CT molecular complexity index is 1550.